The molecule has 0 amide bonds. The lowest BCUT2D eigenvalue weighted by molar-refractivity contribution is 0.549. The Bertz CT molecular complexity index is 1060. The Kier molecular flexibility index (Phi) is 4.16. The number of aromatic nitrogens is 1. The van der Waals surface area contributed by atoms with Gasteiger partial charge in [-0.2, -0.15) is 4.39 Å². The van der Waals surface area contributed by atoms with E-state index in [2.05, 4.69) is 0 Å². The molecule has 0 bridgehead atoms. The first-order valence-electron chi connectivity index (χ1n) is 8.17. The fourth-order valence-electron chi connectivity index (χ4n) is 3.11. The molecular weight excluding hydrogens is 353 g/mol. The highest BCUT2D eigenvalue weighted by Gasteiger charge is 2.33. The van der Waals surface area contributed by atoms with Gasteiger partial charge < -0.3 is 0 Å². The summed E-state index contributed by atoms with van der Waals surface area (Å²) in [7, 11) is -6.09. The molecule has 0 unspecified atom stereocenters. The third kappa shape index (κ3) is 2.93. The number of benzene rings is 2. The van der Waals surface area contributed by atoms with Gasteiger partial charge in [-0.3, -0.25) is 0 Å². The minimum atomic E-state index is -4.00. The molecule has 132 valence electrons. The fraction of sp³-hybridized carbons (Fsp3) is 0.263. The van der Waals surface area contributed by atoms with Gasteiger partial charge in [-0.1, -0.05) is 49.0 Å². The second-order valence-corrected chi connectivity index (χ2v) is 14.3. The Labute approximate surface area is 149 Å². The first-order valence-corrected chi connectivity index (χ1v) is 13.1. The molecule has 0 saturated heterocycles. The van der Waals surface area contributed by atoms with E-state index in [0.717, 1.165) is 15.1 Å². The maximum Gasteiger partial charge on any atom is 0.270 e. The van der Waals surface area contributed by atoms with Gasteiger partial charge in [0.05, 0.1) is 18.5 Å². The summed E-state index contributed by atoms with van der Waals surface area (Å²) in [6.07, 6.45) is 0. The summed E-state index contributed by atoms with van der Waals surface area (Å²) < 4.78 is 42.6. The summed E-state index contributed by atoms with van der Waals surface area (Å²) in [5.41, 5.74) is 2.34. The predicted molar refractivity (Wildman–Crippen MR) is 103 cm³/mol. The number of aryl methyl sites for hydroxylation is 2. The van der Waals surface area contributed by atoms with Crippen LogP contribution in [0.4, 0.5) is 4.39 Å². The average Bonchev–Trinajstić information content (AvgIpc) is 2.79. The van der Waals surface area contributed by atoms with Gasteiger partial charge in [-0.15, -0.1) is 0 Å². The van der Waals surface area contributed by atoms with Crippen molar-refractivity contribution >= 4 is 34.2 Å². The van der Waals surface area contributed by atoms with Gasteiger partial charge in [-0.05, 0) is 38.1 Å². The van der Waals surface area contributed by atoms with Crippen LogP contribution in [0.15, 0.2) is 47.4 Å². The van der Waals surface area contributed by atoms with Crippen LogP contribution >= 0.6 is 0 Å². The maximum atomic E-state index is 15.4. The van der Waals surface area contributed by atoms with Gasteiger partial charge in [-0.25, -0.2) is 12.4 Å². The number of halogens is 1. The van der Waals surface area contributed by atoms with E-state index in [4.69, 9.17) is 0 Å². The SMILES string of the molecule is Cc1ccc(S(=O)(=O)n2c(F)c([Si](C)(C)C)c3cc(C)ccc32)cc1. The smallest absolute Gasteiger partial charge is 0.208 e. The van der Waals surface area contributed by atoms with E-state index in [1.807, 2.05) is 45.6 Å². The third-order valence-electron chi connectivity index (χ3n) is 4.33. The molecule has 0 fully saturated rings. The van der Waals surface area contributed by atoms with Gasteiger partial charge in [0.2, 0.25) is 5.95 Å². The summed E-state index contributed by atoms with van der Waals surface area (Å²) in [6, 6.07) is 11.9. The predicted octanol–water partition coefficient (Wildman–Crippen LogP) is 4.18. The number of nitrogens with zero attached hydrogens (tertiary/aromatic N) is 1. The Morgan fingerprint density at radius 3 is 2.04 bits per heavy atom. The molecule has 0 atom stereocenters. The second-order valence-electron chi connectivity index (χ2n) is 7.52. The highest BCUT2D eigenvalue weighted by Crippen LogP contribution is 2.27. The van der Waals surface area contributed by atoms with Crippen LogP contribution in [0.3, 0.4) is 0 Å². The number of hydrogen-bond acceptors (Lipinski definition) is 2. The van der Waals surface area contributed by atoms with Crippen LogP contribution in [0.5, 0.6) is 0 Å². The van der Waals surface area contributed by atoms with Crippen LogP contribution in [-0.4, -0.2) is 20.5 Å². The van der Waals surface area contributed by atoms with Crippen molar-refractivity contribution in [3.8, 4) is 0 Å². The summed E-state index contributed by atoms with van der Waals surface area (Å²) in [4.78, 5) is 0.0941. The fourth-order valence-corrected chi connectivity index (χ4v) is 6.34. The maximum absolute atomic E-state index is 15.4. The minimum Gasteiger partial charge on any atom is -0.208 e. The van der Waals surface area contributed by atoms with E-state index < -0.39 is 24.0 Å². The molecule has 2 aromatic carbocycles. The van der Waals surface area contributed by atoms with Crippen molar-refractivity contribution in [1.29, 1.82) is 0 Å². The molecule has 25 heavy (non-hydrogen) atoms. The standard InChI is InChI=1S/C19H22FNO2SSi/c1-13-6-9-15(10-7-13)24(22,23)21-17-11-8-14(2)12-16(17)18(19(21)20)25(3,4)5/h6-12H,1-5H3. The van der Waals surface area contributed by atoms with Crippen LogP contribution in [0, 0.1) is 19.8 Å². The van der Waals surface area contributed by atoms with E-state index >= 15 is 4.39 Å². The molecule has 3 aromatic rings. The lowest BCUT2D eigenvalue weighted by atomic mass is 10.2. The van der Waals surface area contributed by atoms with Crippen LogP contribution in [-0.2, 0) is 10.0 Å². The monoisotopic (exact) mass is 375 g/mol. The normalized spacial score (nSPS) is 12.7. The zero-order valence-corrected chi connectivity index (χ0v) is 16.9. The molecule has 3 rings (SSSR count). The van der Waals surface area contributed by atoms with Crippen molar-refractivity contribution in [3.05, 3.63) is 59.5 Å². The Balaban J connectivity index is 2.41. The van der Waals surface area contributed by atoms with Gasteiger partial charge >= 0.3 is 0 Å². The van der Waals surface area contributed by atoms with Crippen molar-refractivity contribution in [1.82, 2.24) is 3.97 Å². The Morgan fingerprint density at radius 2 is 1.48 bits per heavy atom. The number of fused-ring (bicyclic) bond motifs is 1. The highest BCUT2D eigenvalue weighted by molar-refractivity contribution is 7.90. The number of rotatable bonds is 3. The first kappa shape index (κ1) is 17.9. The number of hydrogen-bond donors (Lipinski definition) is 0. The molecule has 0 aliphatic rings. The molecule has 0 radical (unpaired) electrons. The third-order valence-corrected chi connectivity index (χ3v) is 8.02. The molecule has 1 heterocycles. The summed E-state index contributed by atoms with van der Waals surface area (Å²) in [5.74, 6) is -0.652. The van der Waals surface area contributed by atoms with E-state index in [0.29, 0.717) is 16.1 Å². The van der Waals surface area contributed by atoms with Crippen molar-refractivity contribution in [2.24, 2.45) is 0 Å². The largest absolute Gasteiger partial charge is 0.270 e. The van der Waals surface area contributed by atoms with Crippen LogP contribution in [0.2, 0.25) is 19.6 Å². The summed E-state index contributed by atoms with van der Waals surface area (Å²) >= 11 is 0. The minimum absolute atomic E-state index is 0.0941. The average molecular weight is 376 g/mol. The van der Waals surface area contributed by atoms with Crippen molar-refractivity contribution < 1.29 is 12.8 Å². The zero-order valence-electron chi connectivity index (χ0n) is 15.1. The second kappa shape index (κ2) is 5.81. The molecule has 0 aliphatic carbocycles. The molecule has 0 N–H and O–H groups in total. The van der Waals surface area contributed by atoms with Gasteiger partial charge in [0, 0.05) is 10.6 Å². The van der Waals surface area contributed by atoms with E-state index in [1.165, 1.54) is 12.1 Å². The molecule has 1 aromatic heterocycles. The topological polar surface area (TPSA) is 39.1 Å². The molecular formula is C19H22FNO2SSi. The summed E-state index contributed by atoms with van der Waals surface area (Å²) in [6.45, 7) is 9.88. The van der Waals surface area contributed by atoms with Gasteiger partial charge in [0.15, 0.2) is 0 Å². The lowest BCUT2D eigenvalue weighted by Crippen LogP contribution is -2.40. The van der Waals surface area contributed by atoms with E-state index in [-0.39, 0.29) is 4.90 Å². The van der Waals surface area contributed by atoms with Gasteiger partial charge in [0.1, 0.15) is 0 Å². The van der Waals surface area contributed by atoms with Crippen molar-refractivity contribution in [2.75, 3.05) is 0 Å². The molecule has 0 aliphatic heterocycles. The summed E-state index contributed by atoms with van der Waals surface area (Å²) in [5, 5.41) is 1.26. The molecule has 3 nitrogen and oxygen atoms in total. The highest BCUT2D eigenvalue weighted by atomic mass is 32.2. The molecule has 0 spiro atoms. The van der Waals surface area contributed by atoms with Crippen LogP contribution in [0.1, 0.15) is 11.1 Å². The Hall–Kier alpha value is -1.92. The van der Waals surface area contributed by atoms with E-state index in [9.17, 15) is 8.42 Å². The molecule has 6 heteroatoms. The quantitative estimate of drug-likeness (QED) is 0.644. The van der Waals surface area contributed by atoms with E-state index in [1.54, 1.807) is 18.2 Å². The molecule has 0 saturated carbocycles. The Morgan fingerprint density at radius 1 is 0.920 bits per heavy atom. The zero-order chi connectivity index (χ0) is 18.6. The first-order chi connectivity index (χ1) is 11.5. The van der Waals surface area contributed by atoms with Crippen molar-refractivity contribution in [2.45, 2.75) is 38.4 Å². The van der Waals surface area contributed by atoms with Crippen LogP contribution in [0.25, 0.3) is 10.9 Å². The van der Waals surface area contributed by atoms with Crippen molar-refractivity contribution in [3.63, 3.8) is 0 Å². The van der Waals surface area contributed by atoms with Gasteiger partial charge in [0.25, 0.3) is 10.0 Å². The van der Waals surface area contributed by atoms with Crippen LogP contribution < -0.4 is 5.19 Å². The lowest BCUT2D eigenvalue weighted by Gasteiger charge is -2.15.